The van der Waals surface area contributed by atoms with Gasteiger partial charge in [0.1, 0.15) is 0 Å². The molecule has 0 spiro atoms. The molecule has 0 aromatic heterocycles. The Morgan fingerprint density at radius 1 is 1.00 bits per heavy atom. The van der Waals surface area contributed by atoms with Crippen molar-refractivity contribution in [2.45, 2.75) is 27.1 Å². The van der Waals surface area contributed by atoms with Crippen LogP contribution in [0.5, 0.6) is 11.5 Å². The quantitative estimate of drug-likeness (QED) is 0.621. The molecule has 1 heterocycles. The Hall–Kier alpha value is -2.54. The molecular formula is C24H31NO5. The highest BCUT2D eigenvalue weighted by molar-refractivity contribution is 6.00. The molecule has 0 radical (unpaired) electrons. The van der Waals surface area contributed by atoms with Crippen molar-refractivity contribution in [2.75, 3.05) is 40.0 Å². The van der Waals surface area contributed by atoms with Gasteiger partial charge in [0, 0.05) is 26.4 Å². The molecule has 0 bridgehead atoms. The van der Waals surface area contributed by atoms with E-state index in [1.54, 1.807) is 7.11 Å². The van der Waals surface area contributed by atoms with Crippen LogP contribution in [0.3, 0.4) is 0 Å². The lowest BCUT2D eigenvalue weighted by Crippen LogP contribution is -2.24. The van der Waals surface area contributed by atoms with Crippen molar-refractivity contribution in [1.82, 2.24) is 4.90 Å². The average Bonchev–Trinajstić information content (AvgIpc) is 2.77. The van der Waals surface area contributed by atoms with Crippen LogP contribution in [-0.4, -0.2) is 55.1 Å². The number of rotatable bonds is 10. The molecule has 0 saturated carbocycles. The van der Waals surface area contributed by atoms with Crippen LogP contribution in [-0.2, 0) is 18.0 Å². The van der Waals surface area contributed by atoms with E-state index in [1.807, 2.05) is 44.3 Å². The number of hydrogen-bond acceptors (Lipinski definition) is 6. The second-order valence-corrected chi connectivity index (χ2v) is 7.05. The van der Waals surface area contributed by atoms with Gasteiger partial charge < -0.3 is 29.3 Å². The predicted octanol–water partition coefficient (Wildman–Crippen LogP) is 3.48. The van der Waals surface area contributed by atoms with Gasteiger partial charge in [-0.15, -0.1) is 0 Å². The molecule has 0 saturated heterocycles. The Kier molecular flexibility index (Phi) is 7.74. The maximum absolute atomic E-state index is 10.2. The maximum Gasteiger partial charge on any atom is 0.161 e. The van der Waals surface area contributed by atoms with Crippen LogP contribution < -0.4 is 9.47 Å². The number of aliphatic hydroxyl groups is 2. The fourth-order valence-corrected chi connectivity index (χ4v) is 3.79. The van der Waals surface area contributed by atoms with Gasteiger partial charge in [0.2, 0.25) is 0 Å². The summed E-state index contributed by atoms with van der Waals surface area (Å²) in [5.41, 5.74) is 3.38. The monoisotopic (exact) mass is 413 g/mol. The number of nitrogens with zero attached hydrogens (tertiary/aromatic N) is 1. The second kappa shape index (κ2) is 10.5. The Bertz CT molecular complexity index is 935. The Morgan fingerprint density at radius 2 is 1.73 bits per heavy atom. The summed E-state index contributed by atoms with van der Waals surface area (Å²) in [7, 11) is 1.70. The van der Waals surface area contributed by atoms with Crippen molar-refractivity contribution < 1.29 is 24.4 Å². The number of ether oxygens (including phenoxy) is 3. The van der Waals surface area contributed by atoms with Gasteiger partial charge in [-0.05, 0) is 71.2 Å². The summed E-state index contributed by atoms with van der Waals surface area (Å²) in [5, 5.41) is 22.0. The first kappa shape index (κ1) is 22.2. The fraction of sp³-hybridized carbons (Fsp3) is 0.417. The summed E-state index contributed by atoms with van der Waals surface area (Å²) < 4.78 is 16.8. The summed E-state index contributed by atoms with van der Waals surface area (Å²) >= 11 is 0. The predicted molar refractivity (Wildman–Crippen MR) is 119 cm³/mol. The molecule has 2 aromatic carbocycles. The minimum Gasteiger partial charge on any atom is -0.490 e. The number of aliphatic hydroxyl groups excluding tert-OH is 2. The first-order chi connectivity index (χ1) is 14.7. The fourth-order valence-electron chi connectivity index (χ4n) is 3.79. The first-order valence-corrected chi connectivity index (χ1v) is 10.4. The SMILES string of the molecule is CCOc1cc2cc(CO)c(CO)c(C3=CCN(CCOC)C=C3)c2cc1OCC. The third-order valence-corrected chi connectivity index (χ3v) is 5.21. The number of benzene rings is 2. The van der Waals surface area contributed by atoms with Gasteiger partial charge in [-0.1, -0.05) is 6.08 Å². The van der Waals surface area contributed by atoms with Crippen molar-refractivity contribution in [3.05, 3.63) is 53.2 Å². The van der Waals surface area contributed by atoms with Crippen LogP contribution in [0.4, 0.5) is 0 Å². The van der Waals surface area contributed by atoms with E-state index in [-0.39, 0.29) is 13.2 Å². The minimum atomic E-state index is -0.156. The first-order valence-electron chi connectivity index (χ1n) is 10.4. The number of hydrogen-bond donors (Lipinski definition) is 2. The molecule has 2 N–H and O–H groups in total. The average molecular weight is 414 g/mol. The third-order valence-electron chi connectivity index (χ3n) is 5.21. The molecule has 0 amide bonds. The Labute approximate surface area is 178 Å². The highest BCUT2D eigenvalue weighted by Crippen LogP contribution is 2.39. The van der Waals surface area contributed by atoms with Crippen molar-refractivity contribution in [1.29, 1.82) is 0 Å². The maximum atomic E-state index is 10.2. The van der Waals surface area contributed by atoms with E-state index >= 15 is 0 Å². The van der Waals surface area contributed by atoms with Crippen LogP contribution in [0, 0.1) is 0 Å². The van der Waals surface area contributed by atoms with Crippen molar-refractivity contribution in [3.8, 4) is 11.5 Å². The van der Waals surface area contributed by atoms with E-state index in [4.69, 9.17) is 14.2 Å². The summed E-state index contributed by atoms with van der Waals surface area (Å²) in [5.74, 6) is 1.35. The molecule has 1 aliphatic heterocycles. The Morgan fingerprint density at radius 3 is 2.30 bits per heavy atom. The summed E-state index contributed by atoms with van der Waals surface area (Å²) in [4.78, 5) is 2.17. The van der Waals surface area contributed by atoms with Crippen LogP contribution in [0.2, 0.25) is 0 Å². The van der Waals surface area contributed by atoms with Gasteiger partial charge in [-0.3, -0.25) is 0 Å². The van der Waals surface area contributed by atoms with Gasteiger partial charge in [0.15, 0.2) is 11.5 Å². The number of allylic oxidation sites excluding steroid dienone is 2. The van der Waals surface area contributed by atoms with E-state index in [0.29, 0.717) is 36.9 Å². The van der Waals surface area contributed by atoms with Gasteiger partial charge in [0.05, 0.1) is 33.0 Å². The van der Waals surface area contributed by atoms with Crippen LogP contribution in [0.25, 0.3) is 16.3 Å². The normalized spacial score (nSPS) is 13.6. The van der Waals surface area contributed by atoms with Crippen molar-refractivity contribution in [3.63, 3.8) is 0 Å². The second-order valence-electron chi connectivity index (χ2n) is 7.05. The molecule has 3 rings (SSSR count). The smallest absolute Gasteiger partial charge is 0.161 e. The van der Waals surface area contributed by atoms with Gasteiger partial charge in [0.25, 0.3) is 0 Å². The zero-order valence-corrected chi connectivity index (χ0v) is 18.0. The van der Waals surface area contributed by atoms with Crippen LogP contribution >= 0.6 is 0 Å². The molecule has 162 valence electrons. The van der Waals surface area contributed by atoms with E-state index < -0.39 is 0 Å². The zero-order valence-electron chi connectivity index (χ0n) is 18.0. The van der Waals surface area contributed by atoms with Crippen molar-refractivity contribution >= 4 is 16.3 Å². The number of fused-ring (bicyclic) bond motifs is 1. The Balaban J connectivity index is 2.16. The topological polar surface area (TPSA) is 71.4 Å². The summed E-state index contributed by atoms with van der Waals surface area (Å²) in [6.45, 7) is 6.86. The standard InChI is InChI=1S/C24H31NO5/c1-4-29-22-13-18-12-19(15-26)21(16-27)24(20(18)14-23(22)30-5-2)17-6-8-25(9-7-17)10-11-28-3/h6-8,12-14,26-27H,4-5,9-11,15-16H2,1-3H3. The third kappa shape index (κ3) is 4.61. The molecule has 1 aliphatic rings. The van der Waals surface area contributed by atoms with E-state index in [0.717, 1.165) is 40.6 Å². The molecule has 6 nitrogen and oxygen atoms in total. The van der Waals surface area contributed by atoms with E-state index in [2.05, 4.69) is 11.0 Å². The molecule has 6 heteroatoms. The van der Waals surface area contributed by atoms with Crippen molar-refractivity contribution in [2.24, 2.45) is 0 Å². The summed E-state index contributed by atoms with van der Waals surface area (Å²) in [6.07, 6.45) is 6.23. The molecule has 0 unspecified atom stereocenters. The lowest BCUT2D eigenvalue weighted by atomic mass is 9.88. The lowest BCUT2D eigenvalue weighted by molar-refractivity contribution is 0.173. The highest BCUT2D eigenvalue weighted by atomic mass is 16.5. The molecule has 0 aliphatic carbocycles. The van der Waals surface area contributed by atoms with Gasteiger partial charge in [-0.2, -0.15) is 0 Å². The lowest BCUT2D eigenvalue weighted by Gasteiger charge is -2.25. The van der Waals surface area contributed by atoms with Gasteiger partial charge >= 0.3 is 0 Å². The largest absolute Gasteiger partial charge is 0.490 e. The number of methoxy groups -OCH3 is 1. The molecule has 0 atom stereocenters. The van der Waals surface area contributed by atoms with E-state index in [9.17, 15) is 10.2 Å². The zero-order chi connectivity index (χ0) is 21.5. The van der Waals surface area contributed by atoms with Crippen LogP contribution in [0.15, 0.2) is 36.6 Å². The minimum absolute atomic E-state index is 0.146. The van der Waals surface area contributed by atoms with Gasteiger partial charge in [-0.25, -0.2) is 0 Å². The molecular weight excluding hydrogens is 382 g/mol. The summed E-state index contributed by atoms with van der Waals surface area (Å²) in [6, 6.07) is 5.84. The van der Waals surface area contributed by atoms with Crippen LogP contribution in [0.1, 0.15) is 30.5 Å². The molecule has 0 fully saturated rings. The molecule has 2 aromatic rings. The molecule has 30 heavy (non-hydrogen) atoms. The van der Waals surface area contributed by atoms with E-state index in [1.165, 1.54) is 0 Å². The highest BCUT2D eigenvalue weighted by Gasteiger charge is 2.19.